The van der Waals surface area contributed by atoms with Crippen LogP contribution in [0.4, 0.5) is 0 Å². The third-order valence-electron chi connectivity index (χ3n) is 1.93. The maximum absolute atomic E-state index is 11.6. The molecule has 2 rings (SSSR count). The Kier molecular flexibility index (Phi) is 2.50. The summed E-state index contributed by atoms with van der Waals surface area (Å²) in [4.78, 5) is 12.7. The second-order valence-corrected chi connectivity index (χ2v) is 4.12. The molecule has 0 radical (unpaired) electrons. The van der Waals surface area contributed by atoms with Crippen LogP contribution in [0, 0.1) is 6.92 Å². The number of furan rings is 1. The van der Waals surface area contributed by atoms with Crippen LogP contribution in [0.5, 0.6) is 0 Å². The molecule has 0 aliphatic carbocycles. The van der Waals surface area contributed by atoms with Crippen molar-refractivity contribution in [2.75, 3.05) is 0 Å². The second kappa shape index (κ2) is 3.80. The Hall–Kier alpha value is -1.35. The quantitative estimate of drug-likeness (QED) is 0.722. The molecule has 0 amide bonds. The van der Waals surface area contributed by atoms with Gasteiger partial charge in [0.1, 0.15) is 5.76 Å². The minimum Gasteiger partial charge on any atom is -0.458 e. The molecule has 0 fully saturated rings. The lowest BCUT2D eigenvalue weighted by Crippen LogP contribution is -1.99. The summed E-state index contributed by atoms with van der Waals surface area (Å²) in [5.74, 6) is 1.27. The molecular weight excluding hydrogens is 196 g/mol. The molecule has 0 spiro atoms. The zero-order valence-electron chi connectivity index (χ0n) is 7.82. The van der Waals surface area contributed by atoms with E-state index in [1.165, 1.54) is 0 Å². The smallest absolute Gasteiger partial charge is 0.203 e. The predicted molar refractivity (Wildman–Crippen MR) is 55.8 cm³/mol. The maximum Gasteiger partial charge on any atom is 0.203 e. The number of carbonyl (C=O) groups is 1. The summed E-state index contributed by atoms with van der Waals surface area (Å²) in [6.07, 6.45) is 0.435. The van der Waals surface area contributed by atoms with E-state index in [0.29, 0.717) is 12.2 Å². The number of hydrogen-bond donors (Lipinski definition) is 0. The van der Waals surface area contributed by atoms with Crippen LogP contribution in [-0.2, 0) is 6.42 Å². The molecule has 14 heavy (non-hydrogen) atoms. The predicted octanol–water partition coefficient (Wildman–Crippen LogP) is 3.07. The van der Waals surface area contributed by atoms with E-state index in [1.807, 2.05) is 30.5 Å². The van der Waals surface area contributed by atoms with Gasteiger partial charge < -0.3 is 4.42 Å². The highest BCUT2D eigenvalue weighted by molar-refractivity contribution is 7.10. The van der Waals surface area contributed by atoms with E-state index in [1.54, 1.807) is 17.4 Å². The second-order valence-electron chi connectivity index (χ2n) is 3.09. The van der Waals surface area contributed by atoms with Gasteiger partial charge in [-0.2, -0.15) is 0 Å². The molecule has 0 N–H and O–H groups in total. The van der Waals surface area contributed by atoms with Gasteiger partial charge in [0.2, 0.25) is 5.78 Å². The van der Waals surface area contributed by atoms with E-state index in [9.17, 15) is 4.79 Å². The molecule has 0 atom stereocenters. The Morgan fingerprint density at radius 2 is 2.29 bits per heavy atom. The molecular formula is C11H10O2S. The van der Waals surface area contributed by atoms with Gasteiger partial charge in [-0.25, -0.2) is 0 Å². The van der Waals surface area contributed by atoms with Crippen molar-refractivity contribution >= 4 is 17.1 Å². The summed E-state index contributed by atoms with van der Waals surface area (Å²) in [5, 5.41) is 1.97. The number of carbonyl (C=O) groups excluding carboxylic acids is 1. The zero-order valence-corrected chi connectivity index (χ0v) is 8.64. The van der Waals surface area contributed by atoms with Crippen LogP contribution in [0.25, 0.3) is 0 Å². The average molecular weight is 206 g/mol. The number of rotatable bonds is 3. The Morgan fingerprint density at radius 3 is 2.86 bits per heavy atom. The number of thiophene rings is 1. The zero-order chi connectivity index (χ0) is 9.97. The average Bonchev–Trinajstić information content (AvgIpc) is 2.75. The van der Waals surface area contributed by atoms with E-state index >= 15 is 0 Å². The highest BCUT2D eigenvalue weighted by Crippen LogP contribution is 2.14. The lowest BCUT2D eigenvalue weighted by Gasteiger charge is -1.93. The van der Waals surface area contributed by atoms with E-state index in [2.05, 4.69) is 0 Å². The molecule has 0 aliphatic heterocycles. The molecule has 2 nitrogen and oxygen atoms in total. The van der Waals surface area contributed by atoms with Crippen molar-refractivity contribution in [3.8, 4) is 0 Å². The summed E-state index contributed by atoms with van der Waals surface area (Å²) in [6.45, 7) is 1.84. The van der Waals surface area contributed by atoms with Crippen LogP contribution in [0.3, 0.4) is 0 Å². The van der Waals surface area contributed by atoms with Crippen molar-refractivity contribution in [3.63, 3.8) is 0 Å². The molecule has 0 saturated carbocycles. The SMILES string of the molecule is Cc1ccc(C(=O)Cc2cccs2)o1. The number of aryl methyl sites for hydroxylation is 1. The molecule has 0 saturated heterocycles. The first-order valence-electron chi connectivity index (χ1n) is 4.38. The third-order valence-corrected chi connectivity index (χ3v) is 2.81. The van der Waals surface area contributed by atoms with Crippen LogP contribution in [0.1, 0.15) is 21.2 Å². The number of hydrogen-bond acceptors (Lipinski definition) is 3. The van der Waals surface area contributed by atoms with Crippen molar-refractivity contribution in [2.24, 2.45) is 0 Å². The summed E-state index contributed by atoms with van der Waals surface area (Å²) in [5.41, 5.74) is 0. The van der Waals surface area contributed by atoms with Crippen LogP contribution >= 0.6 is 11.3 Å². The molecule has 2 aromatic heterocycles. The standard InChI is InChI=1S/C11H10O2S/c1-8-4-5-11(13-8)10(12)7-9-3-2-6-14-9/h2-6H,7H2,1H3. The van der Waals surface area contributed by atoms with Gasteiger partial charge in [-0.1, -0.05) is 6.07 Å². The van der Waals surface area contributed by atoms with Gasteiger partial charge in [0, 0.05) is 11.3 Å². The van der Waals surface area contributed by atoms with E-state index in [0.717, 1.165) is 10.6 Å². The first-order chi connectivity index (χ1) is 6.75. The lowest BCUT2D eigenvalue weighted by atomic mass is 10.2. The van der Waals surface area contributed by atoms with Gasteiger partial charge in [0.15, 0.2) is 5.76 Å². The molecule has 2 aromatic rings. The maximum atomic E-state index is 11.6. The van der Waals surface area contributed by atoms with Gasteiger partial charge in [-0.3, -0.25) is 4.79 Å². The fraction of sp³-hybridized carbons (Fsp3) is 0.182. The van der Waals surface area contributed by atoms with E-state index in [4.69, 9.17) is 4.42 Å². The minimum absolute atomic E-state index is 0.0422. The third kappa shape index (κ3) is 1.93. The van der Waals surface area contributed by atoms with Gasteiger partial charge in [-0.05, 0) is 30.5 Å². The van der Waals surface area contributed by atoms with Crippen molar-refractivity contribution in [3.05, 3.63) is 46.0 Å². The largest absolute Gasteiger partial charge is 0.458 e. The Balaban J connectivity index is 2.10. The summed E-state index contributed by atoms with van der Waals surface area (Å²) in [6, 6.07) is 7.44. The Bertz CT molecular complexity index is 426. The van der Waals surface area contributed by atoms with Crippen LogP contribution in [-0.4, -0.2) is 5.78 Å². The molecule has 2 heterocycles. The van der Waals surface area contributed by atoms with Gasteiger partial charge in [0.25, 0.3) is 0 Å². The van der Waals surface area contributed by atoms with Crippen molar-refractivity contribution in [2.45, 2.75) is 13.3 Å². The van der Waals surface area contributed by atoms with Crippen LogP contribution in [0.2, 0.25) is 0 Å². The molecule has 3 heteroatoms. The minimum atomic E-state index is 0.0422. The number of ketones is 1. The van der Waals surface area contributed by atoms with Crippen LogP contribution < -0.4 is 0 Å². The number of Topliss-reactive ketones (excluding diaryl/α,β-unsaturated/α-hetero) is 1. The molecule has 0 aromatic carbocycles. The molecule has 0 unspecified atom stereocenters. The van der Waals surface area contributed by atoms with Gasteiger partial charge in [-0.15, -0.1) is 11.3 Å². The highest BCUT2D eigenvalue weighted by atomic mass is 32.1. The highest BCUT2D eigenvalue weighted by Gasteiger charge is 2.10. The van der Waals surface area contributed by atoms with Crippen molar-refractivity contribution in [1.82, 2.24) is 0 Å². The first kappa shape index (κ1) is 9.21. The van der Waals surface area contributed by atoms with Crippen molar-refractivity contribution in [1.29, 1.82) is 0 Å². The van der Waals surface area contributed by atoms with Crippen LogP contribution in [0.15, 0.2) is 34.1 Å². The summed E-state index contributed by atoms with van der Waals surface area (Å²) >= 11 is 1.59. The fourth-order valence-electron chi connectivity index (χ4n) is 1.24. The van der Waals surface area contributed by atoms with E-state index < -0.39 is 0 Å². The molecule has 0 aliphatic rings. The molecule has 0 bridgehead atoms. The normalized spacial score (nSPS) is 10.4. The first-order valence-corrected chi connectivity index (χ1v) is 5.25. The van der Waals surface area contributed by atoms with Gasteiger partial charge in [0.05, 0.1) is 0 Å². The van der Waals surface area contributed by atoms with Crippen molar-refractivity contribution < 1.29 is 9.21 Å². The fourth-order valence-corrected chi connectivity index (χ4v) is 1.95. The molecule has 72 valence electrons. The topological polar surface area (TPSA) is 30.2 Å². The Morgan fingerprint density at radius 1 is 1.43 bits per heavy atom. The summed E-state index contributed by atoms with van der Waals surface area (Å²) in [7, 11) is 0. The Labute approximate surface area is 86.2 Å². The monoisotopic (exact) mass is 206 g/mol. The van der Waals surface area contributed by atoms with Gasteiger partial charge >= 0.3 is 0 Å². The summed E-state index contributed by atoms with van der Waals surface area (Å²) < 4.78 is 5.25. The van der Waals surface area contributed by atoms with E-state index in [-0.39, 0.29) is 5.78 Å². The lowest BCUT2D eigenvalue weighted by molar-refractivity contribution is 0.0966.